The largest absolute Gasteiger partial charge is 0.493 e. The van der Waals surface area contributed by atoms with Gasteiger partial charge in [0, 0.05) is 18.8 Å². The highest BCUT2D eigenvalue weighted by Gasteiger charge is 2.28. The Morgan fingerprint density at radius 3 is 2.50 bits per heavy atom. The molecule has 1 aliphatic heterocycles. The molecule has 8 heteroatoms. The van der Waals surface area contributed by atoms with E-state index in [9.17, 15) is 13.2 Å². The molecule has 0 spiro atoms. The first-order valence-corrected chi connectivity index (χ1v) is 11.4. The Hall–Kier alpha value is -2.42. The summed E-state index contributed by atoms with van der Waals surface area (Å²) in [5, 5.41) is 2.77. The quantitative estimate of drug-likeness (QED) is 0.727. The average molecular weight is 433 g/mol. The summed E-state index contributed by atoms with van der Waals surface area (Å²) in [6.07, 6.45) is 0.160. The molecule has 0 aromatic heterocycles. The number of morpholine rings is 1. The summed E-state index contributed by atoms with van der Waals surface area (Å²) >= 11 is 0. The smallest absolute Gasteiger partial charge is 0.243 e. The molecule has 162 valence electrons. The van der Waals surface area contributed by atoms with Crippen LogP contribution in [0.1, 0.15) is 23.1 Å². The van der Waals surface area contributed by atoms with E-state index < -0.39 is 10.0 Å². The number of rotatable bonds is 7. The van der Waals surface area contributed by atoms with Gasteiger partial charge in [-0.1, -0.05) is 18.2 Å². The van der Waals surface area contributed by atoms with Crippen molar-refractivity contribution < 1.29 is 22.7 Å². The van der Waals surface area contributed by atoms with Crippen molar-refractivity contribution >= 4 is 21.6 Å². The highest BCUT2D eigenvalue weighted by Crippen LogP contribution is 2.24. The molecule has 0 saturated carbocycles. The van der Waals surface area contributed by atoms with Gasteiger partial charge in [-0.25, -0.2) is 8.42 Å². The van der Waals surface area contributed by atoms with Crippen LogP contribution < -0.4 is 10.1 Å². The van der Waals surface area contributed by atoms with Gasteiger partial charge in [-0.15, -0.1) is 0 Å². The van der Waals surface area contributed by atoms with E-state index in [4.69, 9.17) is 9.47 Å². The fraction of sp³-hybridized carbons (Fsp3) is 0.409. The third-order valence-corrected chi connectivity index (χ3v) is 7.03. The maximum Gasteiger partial charge on any atom is 0.243 e. The summed E-state index contributed by atoms with van der Waals surface area (Å²) in [6, 6.07) is 10.9. The number of benzene rings is 2. The van der Waals surface area contributed by atoms with Crippen LogP contribution in [-0.4, -0.2) is 51.5 Å². The predicted octanol–water partition coefficient (Wildman–Crippen LogP) is 3.04. The first-order valence-electron chi connectivity index (χ1n) is 9.96. The minimum Gasteiger partial charge on any atom is -0.493 e. The third kappa shape index (κ3) is 5.38. The lowest BCUT2D eigenvalue weighted by Gasteiger charge is -2.26. The van der Waals surface area contributed by atoms with Crippen molar-refractivity contribution in [3.63, 3.8) is 0 Å². The lowest BCUT2D eigenvalue weighted by Crippen LogP contribution is -2.40. The van der Waals surface area contributed by atoms with Crippen molar-refractivity contribution in [3.8, 4) is 5.75 Å². The molecule has 1 heterocycles. The van der Waals surface area contributed by atoms with E-state index >= 15 is 0 Å². The van der Waals surface area contributed by atoms with Crippen molar-refractivity contribution in [2.75, 3.05) is 38.2 Å². The van der Waals surface area contributed by atoms with E-state index in [1.807, 2.05) is 32.0 Å². The Kier molecular flexibility index (Phi) is 7.12. The molecule has 0 radical (unpaired) electrons. The summed E-state index contributed by atoms with van der Waals surface area (Å²) in [5.74, 6) is 0.524. The molecule has 2 aromatic carbocycles. The van der Waals surface area contributed by atoms with Crippen LogP contribution in [0.4, 0.5) is 5.69 Å². The maximum absolute atomic E-state index is 13.0. The number of sulfonamides is 1. The van der Waals surface area contributed by atoms with E-state index in [2.05, 4.69) is 5.32 Å². The molecular weight excluding hydrogens is 404 g/mol. The fourth-order valence-corrected chi connectivity index (χ4v) is 4.88. The molecule has 1 N–H and O–H groups in total. The van der Waals surface area contributed by atoms with Gasteiger partial charge in [0.15, 0.2) is 0 Å². The van der Waals surface area contributed by atoms with E-state index in [1.165, 1.54) is 10.4 Å². The Bertz CT molecular complexity index is 1010. The van der Waals surface area contributed by atoms with Crippen LogP contribution in [0.5, 0.6) is 5.75 Å². The summed E-state index contributed by atoms with van der Waals surface area (Å²) in [6.45, 7) is 7.35. The second kappa shape index (κ2) is 9.59. The summed E-state index contributed by atoms with van der Waals surface area (Å²) < 4.78 is 38.3. The number of hydrogen-bond acceptors (Lipinski definition) is 5. The van der Waals surface area contributed by atoms with Crippen LogP contribution in [0.3, 0.4) is 0 Å². The molecule has 0 unspecified atom stereocenters. The van der Waals surface area contributed by atoms with E-state index in [0.717, 1.165) is 16.9 Å². The second-order valence-corrected chi connectivity index (χ2v) is 9.32. The topological polar surface area (TPSA) is 84.9 Å². The molecule has 1 fully saturated rings. The van der Waals surface area contributed by atoms with Gasteiger partial charge in [-0.05, 0) is 55.7 Å². The number of carbonyl (C=O) groups is 1. The molecule has 1 amide bonds. The van der Waals surface area contributed by atoms with Crippen LogP contribution >= 0.6 is 0 Å². The average Bonchev–Trinajstić information content (AvgIpc) is 2.72. The number of hydrogen-bond donors (Lipinski definition) is 1. The molecule has 7 nitrogen and oxygen atoms in total. The number of carbonyl (C=O) groups excluding carboxylic acids is 1. The van der Waals surface area contributed by atoms with E-state index in [0.29, 0.717) is 37.6 Å². The molecule has 30 heavy (non-hydrogen) atoms. The Balaban J connectivity index is 1.63. The lowest BCUT2D eigenvalue weighted by molar-refractivity contribution is -0.116. The minimum absolute atomic E-state index is 0.160. The van der Waals surface area contributed by atoms with Crippen molar-refractivity contribution in [2.45, 2.75) is 32.1 Å². The molecule has 1 saturated heterocycles. The van der Waals surface area contributed by atoms with Gasteiger partial charge in [0.25, 0.3) is 0 Å². The van der Waals surface area contributed by atoms with Crippen molar-refractivity contribution in [1.82, 2.24) is 4.31 Å². The Morgan fingerprint density at radius 2 is 1.77 bits per heavy atom. The maximum atomic E-state index is 13.0. The van der Waals surface area contributed by atoms with Gasteiger partial charge in [-0.2, -0.15) is 4.31 Å². The van der Waals surface area contributed by atoms with Crippen LogP contribution in [-0.2, 0) is 19.6 Å². The minimum atomic E-state index is -3.64. The number of nitrogens with zero attached hydrogens (tertiary/aromatic N) is 1. The standard InChI is InChI=1S/C22H28N2O5S/c1-16-4-5-17(2)20(14-16)29-11-8-22(25)23-19-7-6-18(3)21(15-19)30(26,27)24-9-12-28-13-10-24/h4-7,14-15H,8-13H2,1-3H3,(H,23,25). The highest BCUT2D eigenvalue weighted by molar-refractivity contribution is 7.89. The molecule has 0 bridgehead atoms. The van der Waals surface area contributed by atoms with Crippen LogP contribution in [0.15, 0.2) is 41.3 Å². The van der Waals surface area contributed by atoms with Crippen molar-refractivity contribution in [2.24, 2.45) is 0 Å². The lowest BCUT2D eigenvalue weighted by atomic mass is 10.1. The first kappa shape index (κ1) is 22.3. The monoisotopic (exact) mass is 432 g/mol. The van der Waals surface area contributed by atoms with Gasteiger partial charge in [0.2, 0.25) is 15.9 Å². The fourth-order valence-electron chi connectivity index (χ4n) is 3.22. The number of aryl methyl sites for hydroxylation is 3. The molecular formula is C22H28N2O5S. The number of nitrogens with one attached hydrogen (secondary N) is 1. The second-order valence-electron chi connectivity index (χ2n) is 7.41. The van der Waals surface area contributed by atoms with Gasteiger partial charge in [0.1, 0.15) is 5.75 Å². The number of anilines is 1. The summed E-state index contributed by atoms with van der Waals surface area (Å²) in [5.41, 5.74) is 3.19. The molecule has 0 aliphatic carbocycles. The predicted molar refractivity (Wildman–Crippen MR) is 115 cm³/mol. The normalized spacial score (nSPS) is 15.0. The zero-order valence-corrected chi connectivity index (χ0v) is 18.4. The summed E-state index contributed by atoms with van der Waals surface area (Å²) in [7, 11) is -3.64. The molecule has 3 rings (SSSR count). The van der Waals surface area contributed by atoms with E-state index in [-0.39, 0.29) is 23.8 Å². The highest BCUT2D eigenvalue weighted by atomic mass is 32.2. The van der Waals surface area contributed by atoms with Gasteiger partial charge < -0.3 is 14.8 Å². The Labute approximate surface area is 178 Å². The van der Waals surface area contributed by atoms with Crippen LogP contribution in [0.25, 0.3) is 0 Å². The van der Waals surface area contributed by atoms with Crippen LogP contribution in [0.2, 0.25) is 0 Å². The molecule has 0 atom stereocenters. The third-order valence-electron chi connectivity index (χ3n) is 4.99. The molecule has 2 aromatic rings. The van der Waals surface area contributed by atoms with Crippen LogP contribution in [0, 0.1) is 20.8 Å². The first-order chi connectivity index (χ1) is 14.3. The van der Waals surface area contributed by atoms with Crippen molar-refractivity contribution in [3.05, 3.63) is 53.1 Å². The Morgan fingerprint density at radius 1 is 1.07 bits per heavy atom. The number of amides is 1. The number of ether oxygens (including phenoxy) is 2. The molecule has 1 aliphatic rings. The SMILES string of the molecule is Cc1ccc(C)c(OCCC(=O)Nc2ccc(C)c(S(=O)(=O)N3CCOCC3)c2)c1. The van der Waals surface area contributed by atoms with E-state index in [1.54, 1.807) is 19.1 Å². The summed E-state index contributed by atoms with van der Waals surface area (Å²) in [4.78, 5) is 12.5. The van der Waals surface area contributed by atoms with Crippen molar-refractivity contribution in [1.29, 1.82) is 0 Å². The zero-order chi connectivity index (χ0) is 21.7. The van der Waals surface area contributed by atoms with Gasteiger partial charge >= 0.3 is 0 Å². The zero-order valence-electron chi connectivity index (χ0n) is 17.6. The van der Waals surface area contributed by atoms with Gasteiger partial charge in [0.05, 0.1) is 31.1 Å². The van der Waals surface area contributed by atoms with Gasteiger partial charge in [-0.3, -0.25) is 4.79 Å².